The van der Waals surface area contributed by atoms with E-state index in [0.29, 0.717) is 12.5 Å². The molecule has 0 spiro atoms. The van der Waals surface area contributed by atoms with Crippen molar-refractivity contribution in [3.63, 3.8) is 0 Å². The summed E-state index contributed by atoms with van der Waals surface area (Å²) < 4.78 is 6.15. The molecule has 112 valence electrons. The van der Waals surface area contributed by atoms with Gasteiger partial charge in [0.2, 0.25) is 0 Å². The standard InChI is InChI=1S/C19H25NO/c1-15(2)13-18(20)14-21-19(16-9-5-3-6-10-16)17-11-7-4-8-12-17/h3-12,15,18-19H,13-14,20H2,1-2H3/t18-/m0/s1. The Hall–Kier alpha value is -1.64. The van der Waals surface area contributed by atoms with Crippen LogP contribution in [-0.2, 0) is 4.74 Å². The Morgan fingerprint density at radius 1 is 0.857 bits per heavy atom. The minimum absolute atomic E-state index is 0.0504. The first-order chi connectivity index (χ1) is 10.2. The Bertz CT molecular complexity index is 470. The van der Waals surface area contributed by atoms with Crippen LogP contribution in [0.4, 0.5) is 0 Å². The van der Waals surface area contributed by atoms with Crippen LogP contribution in [0.25, 0.3) is 0 Å². The maximum Gasteiger partial charge on any atom is 0.108 e. The minimum atomic E-state index is -0.0504. The van der Waals surface area contributed by atoms with Crippen molar-refractivity contribution in [2.45, 2.75) is 32.4 Å². The Kier molecular flexibility index (Phi) is 5.97. The van der Waals surface area contributed by atoms with Gasteiger partial charge in [0.15, 0.2) is 0 Å². The number of benzene rings is 2. The average Bonchev–Trinajstić information content (AvgIpc) is 2.49. The van der Waals surface area contributed by atoms with E-state index < -0.39 is 0 Å². The largest absolute Gasteiger partial charge is 0.367 e. The average molecular weight is 283 g/mol. The zero-order valence-corrected chi connectivity index (χ0v) is 12.9. The van der Waals surface area contributed by atoms with Crippen LogP contribution in [0.15, 0.2) is 60.7 Å². The van der Waals surface area contributed by atoms with E-state index in [4.69, 9.17) is 10.5 Å². The molecule has 0 saturated heterocycles. The smallest absolute Gasteiger partial charge is 0.108 e. The molecule has 0 aliphatic rings. The lowest BCUT2D eigenvalue weighted by Gasteiger charge is -2.22. The van der Waals surface area contributed by atoms with Gasteiger partial charge in [-0.1, -0.05) is 74.5 Å². The molecule has 0 fully saturated rings. The van der Waals surface area contributed by atoms with Gasteiger partial charge in [0, 0.05) is 6.04 Å². The zero-order valence-electron chi connectivity index (χ0n) is 12.9. The molecule has 0 unspecified atom stereocenters. The SMILES string of the molecule is CC(C)C[C@H](N)COC(c1ccccc1)c1ccccc1. The van der Waals surface area contributed by atoms with Crippen LogP contribution < -0.4 is 5.73 Å². The molecule has 2 N–H and O–H groups in total. The van der Waals surface area contributed by atoms with Gasteiger partial charge in [-0.25, -0.2) is 0 Å². The molecule has 21 heavy (non-hydrogen) atoms. The van der Waals surface area contributed by atoms with Crippen molar-refractivity contribution in [1.82, 2.24) is 0 Å². The van der Waals surface area contributed by atoms with Crippen LogP contribution >= 0.6 is 0 Å². The van der Waals surface area contributed by atoms with Crippen molar-refractivity contribution >= 4 is 0 Å². The van der Waals surface area contributed by atoms with Crippen LogP contribution in [0.5, 0.6) is 0 Å². The quantitative estimate of drug-likeness (QED) is 0.828. The lowest BCUT2D eigenvalue weighted by atomic mass is 10.0. The predicted molar refractivity (Wildman–Crippen MR) is 88.1 cm³/mol. The highest BCUT2D eigenvalue weighted by molar-refractivity contribution is 5.29. The molecule has 2 rings (SSSR count). The van der Waals surface area contributed by atoms with Gasteiger partial charge in [0.1, 0.15) is 6.10 Å². The maximum absolute atomic E-state index is 6.15. The Morgan fingerprint density at radius 3 is 1.76 bits per heavy atom. The summed E-state index contributed by atoms with van der Waals surface area (Å²) in [5, 5.41) is 0. The van der Waals surface area contributed by atoms with Crippen LogP contribution in [0, 0.1) is 5.92 Å². The minimum Gasteiger partial charge on any atom is -0.367 e. The van der Waals surface area contributed by atoms with Gasteiger partial charge in [-0.3, -0.25) is 0 Å². The third-order valence-corrected chi connectivity index (χ3v) is 3.46. The van der Waals surface area contributed by atoms with Gasteiger partial charge < -0.3 is 10.5 Å². The first kappa shape index (κ1) is 15.7. The molecular formula is C19H25NO. The fourth-order valence-electron chi connectivity index (χ4n) is 2.53. The van der Waals surface area contributed by atoms with Crippen LogP contribution in [0.2, 0.25) is 0 Å². The number of hydrogen-bond acceptors (Lipinski definition) is 2. The van der Waals surface area contributed by atoms with Crippen molar-refractivity contribution in [1.29, 1.82) is 0 Å². The van der Waals surface area contributed by atoms with E-state index in [1.54, 1.807) is 0 Å². The molecule has 0 aliphatic heterocycles. The Morgan fingerprint density at radius 2 is 1.33 bits per heavy atom. The third-order valence-electron chi connectivity index (χ3n) is 3.46. The second-order valence-electron chi connectivity index (χ2n) is 5.92. The summed E-state index contributed by atoms with van der Waals surface area (Å²) in [6.07, 6.45) is 0.932. The highest BCUT2D eigenvalue weighted by Gasteiger charge is 2.16. The number of nitrogens with two attached hydrogens (primary N) is 1. The summed E-state index contributed by atoms with van der Waals surface area (Å²) >= 11 is 0. The molecule has 0 radical (unpaired) electrons. The van der Waals surface area contributed by atoms with Gasteiger partial charge in [0.25, 0.3) is 0 Å². The molecule has 2 aromatic carbocycles. The monoisotopic (exact) mass is 283 g/mol. The van der Waals surface area contributed by atoms with E-state index in [9.17, 15) is 0 Å². The van der Waals surface area contributed by atoms with Gasteiger partial charge in [-0.2, -0.15) is 0 Å². The molecule has 2 aromatic rings. The molecule has 0 saturated carbocycles. The van der Waals surface area contributed by atoms with Gasteiger partial charge in [0.05, 0.1) is 6.61 Å². The summed E-state index contributed by atoms with van der Waals surface area (Å²) in [6.45, 7) is 4.95. The summed E-state index contributed by atoms with van der Waals surface area (Å²) in [5.74, 6) is 0.593. The molecule has 0 amide bonds. The highest BCUT2D eigenvalue weighted by Crippen LogP contribution is 2.26. The normalized spacial score (nSPS) is 12.8. The fraction of sp³-hybridized carbons (Fsp3) is 0.368. The highest BCUT2D eigenvalue weighted by atomic mass is 16.5. The van der Waals surface area contributed by atoms with Crippen molar-refractivity contribution < 1.29 is 4.74 Å². The maximum atomic E-state index is 6.15. The van der Waals surface area contributed by atoms with E-state index in [1.165, 1.54) is 11.1 Å². The summed E-state index contributed by atoms with van der Waals surface area (Å²) in [6, 6.07) is 20.7. The molecule has 2 heteroatoms. The van der Waals surface area contributed by atoms with Crippen molar-refractivity contribution in [3.05, 3.63) is 71.8 Å². The number of rotatable bonds is 7. The predicted octanol–water partition coefficient (Wildman–Crippen LogP) is 4.17. The Balaban J connectivity index is 2.10. The number of hydrogen-bond donors (Lipinski definition) is 1. The van der Waals surface area contributed by atoms with E-state index >= 15 is 0 Å². The lowest BCUT2D eigenvalue weighted by Crippen LogP contribution is -2.29. The molecule has 0 heterocycles. The molecule has 0 aromatic heterocycles. The van der Waals surface area contributed by atoms with Gasteiger partial charge >= 0.3 is 0 Å². The van der Waals surface area contributed by atoms with Crippen LogP contribution in [0.1, 0.15) is 37.5 Å². The van der Waals surface area contributed by atoms with Gasteiger partial charge in [-0.05, 0) is 23.5 Å². The molecule has 2 nitrogen and oxygen atoms in total. The molecule has 1 atom stereocenters. The summed E-state index contributed by atoms with van der Waals surface area (Å²) in [5.41, 5.74) is 8.49. The Labute approximate surface area is 127 Å². The van der Waals surface area contributed by atoms with E-state index in [1.807, 2.05) is 36.4 Å². The molecular weight excluding hydrogens is 258 g/mol. The van der Waals surface area contributed by atoms with E-state index in [-0.39, 0.29) is 12.1 Å². The van der Waals surface area contributed by atoms with Crippen molar-refractivity contribution in [2.75, 3.05) is 6.61 Å². The first-order valence-corrected chi connectivity index (χ1v) is 7.64. The zero-order chi connectivity index (χ0) is 15.1. The van der Waals surface area contributed by atoms with Crippen molar-refractivity contribution in [3.8, 4) is 0 Å². The van der Waals surface area contributed by atoms with E-state index in [0.717, 1.165) is 6.42 Å². The first-order valence-electron chi connectivity index (χ1n) is 7.64. The fourth-order valence-corrected chi connectivity index (χ4v) is 2.53. The lowest BCUT2D eigenvalue weighted by molar-refractivity contribution is 0.0657. The molecule has 0 aliphatic carbocycles. The van der Waals surface area contributed by atoms with Crippen LogP contribution in [0.3, 0.4) is 0 Å². The van der Waals surface area contributed by atoms with Crippen molar-refractivity contribution in [2.24, 2.45) is 11.7 Å². The second-order valence-corrected chi connectivity index (χ2v) is 5.92. The topological polar surface area (TPSA) is 35.2 Å². The second kappa shape index (κ2) is 7.96. The number of ether oxygens (including phenoxy) is 1. The summed E-state index contributed by atoms with van der Waals surface area (Å²) in [7, 11) is 0. The van der Waals surface area contributed by atoms with Crippen LogP contribution in [-0.4, -0.2) is 12.6 Å². The third kappa shape index (κ3) is 5.00. The summed E-state index contributed by atoms with van der Waals surface area (Å²) in [4.78, 5) is 0. The molecule has 0 bridgehead atoms. The van der Waals surface area contributed by atoms with E-state index in [2.05, 4.69) is 38.1 Å². The van der Waals surface area contributed by atoms with Gasteiger partial charge in [-0.15, -0.1) is 0 Å².